The second-order valence-electron chi connectivity index (χ2n) is 5.62. The molecule has 0 aliphatic carbocycles. The summed E-state index contributed by atoms with van der Waals surface area (Å²) in [5.74, 6) is 0.464. The fourth-order valence-corrected chi connectivity index (χ4v) is 1.83. The Hall–Kier alpha value is -2.15. The van der Waals surface area contributed by atoms with Crippen LogP contribution in [0.25, 0.3) is 11.4 Å². The van der Waals surface area contributed by atoms with Crippen LogP contribution in [0.5, 0.6) is 0 Å². The van der Waals surface area contributed by atoms with Gasteiger partial charge in [-0.1, -0.05) is 11.6 Å². The van der Waals surface area contributed by atoms with Crippen molar-refractivity contribution in [3.8, 4) is 11.4 Å². The van der Waals surface area contributed by atoms with Crippen molar-refractivity contribution in [1.29, 1.82) is 0 Å². The minimum atomic E-state index is -0.584. The molecule has 0 radical (unpaired) electrons. The predicted molar refractivity (Wildman–Crippen MR) is 83.8 cm³/mol. The van der Waals surface area contributed by atoms with Crippen LogP contribution in [-0.4, -0.2) is 31.9 Å². The zero-order valence-electron chi connectivity index (χ0n) is 12.9. The number of carbonyl (C=O) groups is 1. The molecule has 0 aliphatic heterocycles. The Bertz CT molecular complexity index is 678. The smallest absolute Gasteiger partial charge is 0.412 e. The number of ether oxygens (including phenoxy) is 1. The highest BCUT2D eigenvalue weighted by molar-refractivity contribution is 6.33. The number of tetrazole rings is 1. The highest BCUT2D eigenvalue weighted by Gasteiger charge is 2.17. The van der Waals surface area contributed by atoms with Gasteiger partial charge in [0, 0.05) is 5.56 Å². The van der Waals surface area contributed by atoms with E-state index in [1.165, 1.54) is 4.80 Å². The molecule has 0 spiro atoms. The maximum Gasteiger partial charge on any atom is 0.412 e. The normalized spacial score (nSPS) is 11.3. The molecule has 1 amide bonds. The molecule has 7 nitrogen and oxygen atoms in total. The summed E-state index contributed by atoms with van der Waals surface area (Å²) in [5, 5.41) is 15.1. The maximum absolute atomic E-state index is 11.8. The van der Waals surface area contributed by atoms with Crippen LogP contribution in [-0.2, 0) is 11.3 Å². The molecule has 0 saturated carbocycles. The third-order valence-corrected chi connectivity index (χ3v) is 2.93. The number of halogens is 1. The largest absolute Gasteiger partial charge is 0.444 e. The van der Waals surface area contributed by atoms with Crippen LogP contribution in [0.15, 0.2) is 18.2 Å². The van der Waals surface area contributed by atoms with Crippen molar-refractivity contribution in [1.82, 2.24) is 20.2 Å². The number of aromatic nitrogens is 4. The summed E-state index contributed by atoms with van der Waals surface area (Å²) in [4.78, 5) is 13.3. The second-order valence-corrected chi connectivity index (χ2v) is 6.03. The van der Waals surface area contributed by atoms with Crippen molar-refractivity contribution in [3.05, 3.63) is 23.2 Å². The van der Waals surface area contributed by atoms with Gasteiger partial charge in [0.25, 0.3) is 0 Å². The molecule has 0 fully saturated rings. The Morgan fingerprint density at radius 3 is 2.73 bits per heavy atom. The lowest BCUT2D eigenvalue weighted by Gasteiger charge is -2.20. The van der Waals surface area contributed by atoms with Gasteiger partial charge in [-0.05, 0) is 51.1 Å². The van der Waals surface area contributed by atoms with Gasteiger partial charge >= 0.3 is 6.09 Å². The first kappa shape index (κ1) is 16.2. The molecular formula is C14H18ClN5O2. The maximum atomic E-state index is 11.8. The minimum absolute atomic E-state index is 0.400. The van der Waals surface area contributed by atoms with E-state index in [4.69, 9.17) is 16.3 Å². The van der Waals surface area contributed by atoms with Crippen LogP contribution in [0.2, 0.25) is 5.02 Å². The summed E-state index contributed by atoms with van der Waals surface area (Å²) in [6, 6.07) is 5.11. The molecule has 1 aromatic heterocycles. The van der Waals surface area contributed by atoms with Gasteiger partial charge in [0.1, 0.15) is 5.60 Å². The van der Waals surface area contributed by atoms with Gasteiger partial charge in [-0.3, -0.25) is 5.32 Å². The summed E-state index contributed by atoms with van der Waals surface area (Å²) in [7, 11) is 0. The van der Waals surface area contributed by atoms with Crippen LogP contribution in [0.1, 0.15) is 27.7 Å². The third-order valence-electron chi connectivity index (χ3n) is 2.60. The number of anilines is 1. The number of carbonyl (C=O) groups excluding carboxylic acids is 1. The molecule has 0 bridgehead atoms. The van der Waals surface area contributed by atoms with E-state index in [0.29, 0.717) is 28.6 Å². The fourth-order valence-electron chi connectivity index (χ4n) is 1.67. The summed E-state index contributed by atoms with van der Waals surface area (Å²) in [6.07, 6.45) is -0.572. The Morgan fingerprint density at radius 2 is 2.14 bits per heavy atom. The van der Waals surface area contributed by atoms with Crippen molar-refractivity contribution in [2.24, 2.45) is 0 Å². The highest BCUT2D eigenvalue weighted by atomic mass is 35.5. The number of nitrogens with one attached hydrogen (secondary N) is 1. The third kappa shape index (κ3) is 4.17. The van der Waals surface area contributed by atoms with E-state index in [1.54, 1.807) is 39.0 Å². The molecule has 118 valence electrons. The Morgan fingerprint density at radius 1 is 1.41 bits per heavy atom. The average Bonchev–Trinajstić information content (AvgIpc) is 2.88. The summed E-state index contributed by atoms with van der Waals surface area (Å²) in [5.41, 5.74) is 0.552. The standard InChI is InChI=1S/C14H18ClN5O2/c1-5-20-18-12(17-19-20)9-6-7-10(15)11(8-9)16-13(21)22-14(2,3)4/h6-8H,5H2,1-4H3,(H,16,21). The zero-order chi connectivity index (χ0) is 16.3. The van der Waals surface area contributed by atoms with E-state index in [-0.39, 0.29) is 0 Å². The summed E-state index contributed by atoms with van der Waals surface area (Å²) in [6.45, 7) is 7.92. The molecule has 22 heavy (non-hydrogen) atoms. The quantitative estimate of drug-likeness (QED) is 0.936. The number of aryl methyl sites for hydroxylation is 1. The number of nitrogens with zero attached hydrogens (tertiary/aromatic N) is 4. The minimum Gasteiger partial charge on any atom is -0.444 e. The topological polar surface area (TPSA) is 81.9 Å². The van der Waals surface area contributed by atoms with Crippen molar-refractivity contribution >= 4 is 23.4 Å². The molecule has 0 aliphatic rings. The van der Waals surface area contributed by atoms with Gasteiger partial charge in [-0.15, -0.1) is 10.2 Å². The molecule has 0 saturated heterocycles. The summed E-state index contributed by atoms with van der Waals surface area (Å²) < 4.78 is 5.21. The van der Waals surface area contributed by atoms with Crippen LogP contribution in [0, 0.1) is 0 Å². The Balaban J connectivity index is 2.21. The first-order valence-electron chi connectivity index (χ1n) is 6.86. The Labute approximate surface area is 133 Å². The molecule has 0 unspecified atom stereocenters. The van der Waals surface area contributed by atoms with E-state index < -0.39 is 11.7 Å². The lowest BCUT2D eigenvalue weighted by atomic mass is 10.2. The molecule has 2 rings (SSSR count). The van der Waals surface area contributed by atoms with E-state index >= 15 is 0 Å². The van der Waals surface area contributed by atoms with Gasteiger partial charge in [-0.25, -0.2) is 4.79 Å². The van der Waals surface area contributed by atoms with E-state index in [0.717, 1.165) is 0 Å². The molecule has 8 heteroatoms. The van der Waals surface area contributed by atoms with Crippen LogP contribution < -0.4 is 5.32 Å². The number of rotatable bonds is 3. The summed E-state index contributed by atoms with van der Waals surface area (Å²) >= 11 is 6.10. The predicted octanol–water partition coefficient (Wildman–Crippen LogP) is 3.36. The zero-order valence-corrected chi connectivity index (χ0v) is 13.7. The van der Waals surface area contributed by atoms with Crippen molar-refractivity contribution in [2.45, 2.75) is 39.8 Å². The second kappa shape index (κ2) is 6.31. The van der Waals surface area contributed by atoms with Crippen molar-refractivity contribution < 1.29 is 9.53 Å². The Kier molecular flexibility index (Phi) is 4.65. The first-order chi connectivity index (χ1) is 10.3. The van der Waals surface area contributed by atoms with Gasteiger partial charge < -0.3 is 4.74 Å². The van der Waals surface area contributed by atoms with E-state index in [2.05, 4.69) is 20.7 Å². The molecule has 1 heterocycles. The lowest BCUT2D eigenvalue weighted by molar-refractivity contribution is 0.0636. The monoisotopic (exact) mass is 323 g/mol. The molecule has 1 N–H and O–H groups in total. The highest BCUT2D eigenvalue weighted by Crippen LogP contribution is 2.27. The van der Waals surface area contributed by atoms with Gasteiger partial charge in [0.15, 0.2) is 0 Å². The first-order valence-corrected chi connectivity index (χ1v) is 7.24. The SMILES string of the molecule is CCn1nnc(-c2ccc(Cl)c(NC(=O)OC(C)(C)C)c2)n1. The average molecular weight is 324 g/mol. The van der Waals surface area contributed by atoms with Crippen LogP contribution in [0.4, 0.5) is 10.5 Å². The van der Waals surface area contributed by atoms with E-state index in [1.807, 2.05) is 6.92 Å². The molecular weight excluding hydrogens is 306 g/mol. The van der Waals surface area contributed by atoms with Gasteiger partial charge in [-0.2, -0.15) is 4.80 Å². The number of benzene rings is 1. The van der Waals surface area contributed by atoms with Crippen molar-refractivity contribution in [2.75, 3.05) is 5.32 Å². The molecule has 1 aromatic carbocycles. The number of hydrogen-bond acceptors (Lipinski definition) is 5. The van der Waals surface area contributed by atoms with Crippen LogP contribution in [0.3, 0.4) is 0 Å². The molecule has 0 atom stereocenters. The van der Waals surface area contributed by atoms with E-state index in [9.17, 15) is 4.79 Å². The van der Waals surface area contributed by atoms with Crippen LogP contribution >= 0.6 is 11.6 Å². The van der Waals surface area contributed by atoms with Crippen molar-refractivity contribution in [3.63, 3.8) is 0 Å². The number of amides is 1. The lowest BCUT2D eigenvalue weighted by Crippen LogP contribution is -2.27. The van der Waals surface area contributed by atoms with Gasteiger partial charge in [0.05, 0.1) is 17.3 Å². The molecule has 2 aromatic rings. The van der Waals surface area contributed by atoms with Gasteiger partial charge in [0.2, 0.25) is 5.82 Å². The number of hydrogen-bond donors (Lipinski definition) is 1. The fraction of sp³-hybridized carbons (Fsp3) is 0.429.